The normalized spacial score (nSPS) is 11.7. The van der Waals surface area contributed by atoms with Crippen LogP contribution in [-0.4, -0.2) is 14.8 Å². The van der Waals surface area contributed by atoms with E-state index in [2.05, 4.69) is 25.9 Å². The van der Waals surface area contributed by atoms with Crippen molar-refractivity contribution in [3.63, 3.8) is 0 Å². The predicted octanol–water partition coefficient (Wildman–Crippen LogP) is 1.55. The van der Waals surface area contributed by atoms with E-state index in [1.54, 1.807) is 0 Å². The largest absolute Gasteiger partial charge is 0.393 e. The molecule has 0 bridgehead atoms. The van der Waals surface area contributed by atoms with Crippen LogP contribution in [0.15, 0.2) is 6.20 Å². The van der Waals surface area contributed by atoms with E-state index in [0.29, 0.717) is 11.4 Å². The molecule has 1 heterocycles. The number of hydrogen-bond acceptors (Lipinski definition) is 2. The lowest BCUT2D eigenvalue weighted by molar-refractivity contribution is 0.550. The third-order valence-electron chi connectivity index (χ3n) is 1.98. The van der Waals surface area contributed by atoms with Gasteiger partial charge in [-0.2, -0.15) is 5.10 Å². The van der Waals surface area contributed by atoms with Gasteiger partial charge in [-0.1, -0.05) is 33.0 Å². The summed E-state index contributed by atoms with van der Waals surface area (Å²) in [5.74, 6) is 0. The highest BCUT2D eigenvalue weighted by Gasteiger charge is 2.21. The topological polar surface area (TPSA) is 43.8 Å². The van der Waals surface area contributed by atoms with Crippen LogP contribution in [0.3, 0.4) is 0 Å². The molecule has 1 aromatic rings. The predicted molar refractivity (Wildman–Crippen MR) is 62.4 cm³/mol. The molecule has 0 saturated heterocycles. The summed E-state index contributed by atoms with van der Waals surface area (Å²) in [7, 11) is 1.91. The molecule has 0 fully saturated rings. The summed E-state index contributed by atoms with van der Waals surface area (Å²) in [5, 5.41) is 4.44. The zero-order chi connectivity index (χ0) is 10.9. The van der Waals surface area contributed by atoms with Crippen LogP contribution in [0.2, 0.25) is 0 Å². The molecule has 1 aromatic heterocycles. The monoisotopic (exact) mass is 211 g/mol. The van der Waals surface area contributed by atoms with Crippen molar-refractivity contribution in [2.24, 2.45) is 12.8 Å². The van der Waals surface area contributed by atoms with Gasteiger partial charge in [0.1, 0.15) is 0 Å². The second kappa shape index (κ2) is 3.69. The van der Waals surface area contributed by atoms with Crippen LogP contribution in [0.5, 0.6) is 0 Å². The number of thiocarbonyl (C=S) groups is 1. The Bertz CT molecular complexity index is 347. The summed E-state index contributed by atoms with van der Waals surface area (Å²) in [5.41, 5.74) is 7.79. The summed E-state index contributed by atoms with van der Waals surface area (Å²) in [6.45, 7) is 6.41. The number of aromatic nitrogens is 2. The molecule has 0 aliphatic rings. The molecule has 4 heteroatoms. The van der Waals surface area contributed by atoms with Crippen LogP contribution < -0.4 is 5.73 Å². The maximum absolute atomic E-state index is 5.54. The number of aryl methyl sites for hydroxylation is 1. The molecule has 78 valence electrons. The lowest BCUT2D eigenvalue weighted by Gasteiger charge is -2.17. The molecule has 3 nitrogen and oxygen atoms in total. The third kappa shape index (κ3) is 2.54. The molecule has 0 unspecified atom stereocenters. The van der Waals surface area contributed by atoms with Crippen molar-refractivity contribution in [2.75, 3.05) is 0 Å². The van der Waals surface area contributed by atoms with Crippen LogP contribution in [0.1, 0.15) is 32.0 Å². The minimum Gasteiger partial charge on any atom is -0.393 e. The fraction of sp³-hybridized carbons (Fsp3) is 0.600. The fourth-order valence-electron chi connectivity index (χ4n) is 1.49. The highest BCUT2D eigenvalue weighted by molar-refractivity contribution is 7.80. The van der Waals surface area contributed by atoms with E-state index < -0.39 is 0 Å². The van der Waals surface area contributed by atoms with E-state index in [-0.39, 0.29) is 5.41 Å². The minimum absolute atomic E-state index is 0.0430. The van der Waals surface area contributed by atoms with E-state index >= 15 is 0 Å². The molecule has 0 aliphatic heterocycles. The van der Waals surface area contributed by atoms with Crippen LogP contribution in [-0.2, 0) is 18.9 Å². The highest BCUT2D eigenvalue weighted by atomic mass is 32.1. The molecule has 2 N–H and O–H groups in total. The average molecular weight is 211 g/mol. The Labute approximate surface area is 90.3 Å². The van der Waals surface area contributed by atoms with Gasteiger partial charge in [-0.05, 0) is 0 Å². The second-order valence-corrected chi connectivity index (χ2v) is 5.09. The van der Waals surface area contributed by atoms with Crippen molar-refractivity contribution in [3.8, 4) is 0 Å². The molecular weight excluding hydrogens is 194 g/mol. The molecule has 0 spiro atoms. The Kier molecular flexibility index (Phi) is 2.95. The Morgan fingerprint density at radius 3 is 2.57 bits per heavy atom. The number of hydrogen-bond donors (Lipinski definition) is 1. The second-order valence-electron chi connectivity index (χ2n) is 4.57. The number of rotatable bonds is 2. The van der Waals surface area contributed by atoms with Gasteiger partial charge in [0.05, 0.1) is 10.7 Å². The number of nitrogens with zero attached hydrogens (tertiary/aromatic N) is 2. The van der Waals surface area contributed by atoms with Gasteiger partial charge in [0, 0.05) is 30.6 Å². The Balaban J connectivity index is 3.09. The smallest absolute Gasteiger partial charge is 0.0773 e. The van der Waals surface area contributed by atoms with Crippen LogP contribution >= 0.6 is 12.2 Å². The Morgan fingerprint density at radius 1 is 1.57 bits per heavy atom. The van der Waals surface area contributed by atoms with Crippen molar-refractivity contribution in [1.82, 2.24) is 9.78 Å². The van der Waals surface area contributed by atoms with Crippen molar-refractivity contribution >= 4 is 17.2 Å². The maximum Gasteiger partial charge on any atom is 0.0773 e. The van der Waals surface area contributed by atoms with E-state index in [1.807, 2.05) is 17.9 Å². The average Bonchev–Trinajstić information content (AvgIpc) is 2.28. The van der Waals surface area contributed by atoms with Crippen LogP contribution in [0, 0.1) is 0 Å². The first kappa shape index (κ1) is 11.2. The summed E-state index contributed by atoms with van der Waals surface area (Å²) >= 11 is 4.91. The SMILES string of the molecule is Cn1cc(CC(N)=S)c(C(C)(C)C)n1. The first-order valence-electron chi connectivity index (χ1n) is 4.62. The van der Waals surface area contributed by atoms with Gasteiger partial charge in [0.15, 0.2) is 0 Å². The quantitative estimate of drug-likeness (QED) is 0.755. The molecular formula is C10H17N3S. The van der Waals surface area contributed by atoms with E-state index in [1.165, 1.54) is 0 Å². The summed E-state index contributed by atoms with van der Waals surface area (Å²) in [6.07, 6.45) is 2.62. The first-order chi connectivity index (χ1) is 6.30. The summed E-state index contributed by atoms with van der Waals surface area (Å²) in [6, 6.07) is 0. The van der Waals surface area contributed by atoms with Gasteiger partial charge in [-0.3, -0.25) is 4.68 Å². The lowest BCUT2D eigenvalue weighted by atomic mass is 9.89. The van der Waals surface area contributed by atoms with Gasteiger partial charge < -0.3 is 5.73 Å². The molecule has 0 aliphatic carbocycles. The summed E-state index contributed by atoms with van der Waals surface area (Å²) < 4.78 is 1.81. The van der Waals surface area contributed by atoms with Gasteiger partial charge in [0.2, 0.25) is 0 Å². The Hall–Kier alpha value is -0.900. The van der Waals surface area contributed by atoms with Crippen molar-refractivity contribution in [3.05, 3.63) is 17.5 Å². The van der Waals surface area contributed by atoms with E-state index in [9.17, 15) is 0 Å². The van der Waals surface area contributed by atoms with Crippen LogP contribution in [0.25, 0.3) is 0 Å². The van der Waals surface area contributed by atoms with Gasteiger partial charge >= 0.3 is 0 Å². The third-order valence-corrected chi connectivity index (χ3v) is 2.12. The molecule has 0 amide bonds. The fourth-order valence-corrected chi connectivity index (χ4v) is 1.64. The first-order valence-corrected chi connectivity index (χ1v) is 5.03. The summed E-state index contributed by atoms with van der Waals surface area (Å²) in [4.78, 5) is 0.517. The van der Waals surface area contributed by atoms with E-state index in [0.717, 1.165) is 11.3 Å². The van der Waals surface area contributed by atoms with Gasteiger partial charge in [-0.25, -0.2) is 0 Å². The molecule has 14 heavy (non-hydrogen) atoms. The Morgan fingerprint density at radius 2 is 2.14 bits per heavy atom. The lowest BCUT2D eigenvalue weighted by Crippen LogP contribution is -2.18. The van der Waals surface area contributed by atoms with Gasteiger partial charge in [-0.15, -0.1) is 0 Å². The van der Waals surface area contributed by atoms with Crippen molar-refractivity contribution in [2.45, 2.75) is 32.6 Å². The number of nitrogens with two attached hydrogens (primary N) is 1. The standard InChI is InChI=1S/C10H17N3S/c1-10(2,3)9-7(5-8(11)14)6-13(4)12-9/h6H,5H2,1-4H3,(H2,11,14). The van der Waals surface area contributed by atoms with Crippen molar-refractivity contribution in [1.29, 1.82) is 0 Å². The van der Waals surface area contributed by atoms with Crippen LogP contribution in [0.4, 0.5) is 0 Å². The maximum atomic E-state index is 5.54. The zero-order valence-electron chi connectivity index (χ0n) is 9.16. The molecule has 0 aromatic carbocycles. The highest BCUT2D eigenvalue weighted by Crippen LogP contribution is 2.24. The molecule has 0 atom stereocenters. The van der Waals surface area contributed by atoms with Crippen molar-refractivity contribution < 1.29 is 0 Å². The zero-order valence-corrected chi connectivity index (χ0v) is 9.98. The van der Waals surface area contributed by atoms with E-state index in [4.69, 9.17) is 18.0 Å². The van der Waals surface area contributed by atoms with Gasteiger partial charge in [0.25, 0.3) is 0 Å². The molecule has 0 saturated carbocycles. The minimum atomic E-state index is 0.0430. The molecule has 1 rings (SSSR count). The molecule has 0 radical (unpaired) electrons.